The fourth-order valence-corrected chi connectivity index (χ4v) is 2.28. The van der Waals surface area contributed by atoms with Crippen molar-refractivity contribution in [3.8, 4) is 0 Å². The van der Waals surface area contributed by atoms with E-state index in [1.807, 2.05) is 59.5 Å². The molecule has 0 aromatic heterocycles. The normalized spacial score (nSPS) is 24.5. The van der Waals surface area contributed by atoms with Gasteiger partial charge in [0.15, 0.2) is 0 Å². The molecule has 22 heavy (non-hydrogen) atoms. The summed E-state index contributed by atoms with van der Waals surface area (Å²) in [6.45, 7) is 0.749. The molecular weight excluding hydrogens is 280 g/mol. The van der Waals surface area contributed by atoms with Crippen LogP contribution in [0, 0.1) is 0 Å². The molecular formula is C16H22N4O2. The Balaban J connectivity index is 2.02. The van der Waals surface area contributed by atoms with Gasteiger partial charge >= 0.3 is 0 Å². The largest absolute Gasteiger partial charge is 0.395 e. The van der Waals surface area contributed by atoms with Crippen molar-refractivity contribution in [2.75, 3.05) is 26.3 Å². The standard InChI is InChI=1S/C16H22N4O2/c17-16(20(10-12-21)11-13-22)8-6-15(7-9-16)19-18-14-4-2-1-3-5-14/h1-9,15,21-22H,10-13,17H2. The van der Waals surface area contributed by atoms with Crippen LogP contribution < -0.4 is 5.73 Å². The highest BCUT2D eigenvalue weighted by molar-refractivity contribution is 5.35. The van der Waals surface area contributed by atoms with Gasteiger partial charge in [0.2, 0.25) is 0 Å². The first kappa shape index (κ1) is 16.5. The third-order valence-corrected chi connectivity index (χ3v) is 3.47. The van der Waals surface area contributed by atoms with Crippen molar-refractivity contribution < 1.29 is 10.2 Å². The highest BCUT2D eigenvalue weighted by atomic mass is 16.3. The van der Waals surface area contributed by atoms with Gasteiger partial charge in [-0.2, -0.15) is 10.2 Å². The predicted octanol–water partition coefficient (Wildman–Crippen LogP) is 1.21. The molecule has 0 unspecified atom stereocenters. The van der Waals surface area contributed by atoms with Gasteiger partial charge in [-0.3, -0.25) is 4.90 Å². The lowest BCUT2D eigenvalue weighted by Crippen LogP contribution is -2.56. The molecule has 0 radical (unpaired) electrons. The summed E-state index contributed by atoms with van der Waals surface area (Å²) in [6, 6.07) is 9.36. The van der Waals surface area contributed by atoms with Crippen molar-refractivity contribution in [2.24, 2.45) is 16.0 Å². The highest BCUT2D eigenvalue weighted by Crippen LogP contribution is 2.20. The third kappa shape index (κ3) is 4.32. The summed E-state index contributed by atoms with van der Waals surface area (Å²) < 4.78 is 0. The monoisotopic (exact) mass is 302 g/mol. The van der Waals surface area contributed by atoms with Crippen LogP contribution in [0.25, 0.3) is 0 Å². The zero-order valence-electron chi connectivity index (χ0n) is 12.4. The van der Waals surface area contributed by atoms with Crippen molar-refractivity contribution in [2.45, 2.75) is 11.7 Å². The van der Waals surface area contributed by atoms with Crippen LogP contribution in [0.2, 0.25) is 0 Å². The highest BCUT2D eigenvalue weighted by Gasteiger charge is 2.28. The van der Waals surface area contributed by atoms with Gasteiger partial charge in [-0.1, -0.05) is 30.4 Å². The zero-order chi connectivity index (χ0) is 15.8. The SMILES string of the molecule is NC1(N(CCO)CCO)C=CC(N=Nc2ccccc2)C=C1. The maximum atomic E-state index is 9.11. The molecule has 0 amide bonds. The molecule has 6 heteroatoms. The topological polar surface area (TPSA) is 94.4 Å². The van der Waals surface area contributed by atoms with E-state index in [2.05, 4.69) is 10.2 Å². The molecule has 0 fully saturated rings. The summed E-state index contributed by atoms with van der Waals surface area (Å²) in [5.74, 6) is 0. The van der Waals surface area contributed by atoms with Crippen molar-refractivity contribution in [1.82, 2.24) is 4.90 Å². The average molecular weight is 302 g/mol. The maximum Gasteiger partial charge on any atom is 0.108 e. The van der Waals surface area contributed by atoms with Crippen LogP contribution in [0.1, 0.15) is 0 Å². The molecule has 0 saturated heterocycles. The lowest BCUT2D eigenvalue weighted by molar-refractivity contribution is 0.107. The lowest BCUT2D eigenvalue weighted by atomic mass is 10.00. The molecule has 118 valence electrons. The van der Waals surface area contributed by atoms with E-state index < -0.39 is 5.66 Å². The number of nitrogens with two attached hydrogens (primary N) is 1. The summed E-state index contributed by atoms with van der Waals surface area (Å²) in [5.41, 5.74) is 6.29. The van der Waals surface area contributed by atoms with Crippen molar-refractivity contribution >= 4 is 5.69 Å². The van der Waals surface area contributed by atoms with Crippen molar-refractivity contribution in [1.29, 1.82) is 0 Å². The Labute approximate surface area is 130 Å². The van der Waals surface area contributed by atoms with E-state index in [4.69, 9.17) is 15.9 Å². The minimum atomic E-state index is -0.815. The van der Waals surface area contributed by atoms with Crippen LogP contribution in [0.3, 0.4) is 0 Å². The summed E-state index contributed by atoms with van der Waals surface area (Å²) in [6.07, 6.45) is 7.39. The quantitative estimate of drug-likeness (QED) is 0.401. The Morgan fingerprint density at radius 1 is 1.05 bits per heavy atom. The predicted molar refractivity (Wildman–Crippen MR) is 85.7 cm³/mol. The second-order valence-electron chi connectivity index (χ2n) is 5.08. The molecule has 0 heterocycles. The molecule has 0 saturated carbocycles. The van der Waals surface area contributed by atoms with E-state index in [0.29, 0.717) is 13.1 Å². The van der Waals surface area contributed by atoms with E-state index >= 15 is 0 Å². The molecule has 2 rings (SSSR count). The molecule has 0 aliphatic heterocycles. The Kier molecular flexibility index (Phi) is 5.97. The first-order chi connectivity index (χ1) is 10.7. The van der Waals surface area contributed by atoms with Gasteiger partial charge in [0.1, 0.15) is 11.7 Å². The number of aliphatic hydroxyl groups is 2. The molecule has 0 atom stereocenters. The van der Waals surface area contributed by atoms with Crippen LogP contribution in [0.4, 0.5) is 5.69 Å². The van der Waals surface area contributed by atoms with Gasteiger partial charge in [0.25, 0.3) is 0 Å². The van der Waals surface area contributed by atoms with Gasteiger partial charge < -0.3 is 15.9 Å². The number of hydrogen-bond acceptors (Lipinski definition) is 6. The summed E-state index contributed by atoms with van der Waals surface area (Å²) in [5, 5.41) is 26.7. The van der Waals surface area contributed by atoms with Crippen LogP contribution in [-0.4, -0.2) is 53.1 Å². The molecule has 4 N–H and O–H groups in total. The average Bonchev–Trinajstić information content (AvgIpc) is 2.55. The lowest BCUT2D eigenvalue weighted by Gasteiger charge is -2.37. The number of nitrogens with zero attached hydrogens (tertiary/aromatic N) is 3. The Hall–Kier alpha value is -1.86. The smallest absolute Gasteiger partial charge is 0.108 e. The Morgan fingerprint density at radius 2 is 1.64 bits per heavy atom. The molecule has 0 spiro atoms. The summed E-state index contributed by atoms with van der Waals surface area (Å²) in [4.78, 5) is 1.81. The third-order valence-electron chi connectivity index (χ3n) is 3.47. The zero-order valence-corrected chi connectivity index (χ0v) is 12.4. The minimum absolute atomic E-state index is 0.0161. The first-order valence-electron chi connectivity index (χ1n) is 7.28. The fraction of sp³-hybridized carbons (Fsp3) is 0.375. The fourth-order valence-electron chi connectivity index (χ4n) is 2.28. The second kappa shape index (κ2) is 7.95. The van der Waals surface area contributed by atoms with Gasteiger partial charge in [-0.05, 0) is 24.3 Å². The summed E-state index contributed by atoms with van der Waals surface area (Å²) in [7, 11) is 0. The Bertz CT molecular complexity index is 522. The first-order valence-corrected chi connectivity index (χ1v) is 7.28. The Morgan fingerprint density at radius 3 is 2.18 bits per heavy atom. The van der Waals surface area contributed by atoms with E-state index in [1.54, 1.807) is 0 Å². The van der Waals surface area contributed by atoms with E-state index in [0.717, 1.165) is 5.69 Å². The van der Waals surface area contributed by atoms with Crippen LogP contribution in [0.15, 0.2) is 64.9 Å². The number of aliphatic hydroxyl groups excluding tert-OH is 2. The van der Waals surface area contributed by atoms with E-state index in [-0.39, 0.29) is 19.3 Å². The van der Waals surface area contributed by atoms with Crippen LogP contribution >= 0.6 is 0 Å². The number of hydrogen-bond donors (Lipinski definition) is 3. The van der Waals surface area contributed by atoms with Crippen molar-refractivity contribution in [3.63, 3.8) is 0 Å². The van der Waals surface area contributed by atoms with Crippen molar-refractivity contribution in [3.05, 3.63) is 54.6 Å². The second-order valence-corrected chi connectivity index (χ2v) is 5.08. The molecule has 1 aromatic carbocycles. The van der Waals surface area contributed by atoms with Crippen LogP contribution in [0.5, 0.6) is 0 Å². The van der Waals surface area contributed by atoms with Gasteiger partial charge in [-0.25, -0.2) is 0 Å². The maximum absolute atomic E-state index is 9.11. The number of benzene rings is 1. The molecule has 0 bridgehead atoms. The molecule has 1 aromatic rings. The molecule has 1 aliphatic rings. The van der Waals surface area contributed by atoms with Gasteiger partial charge in [0.05, 0.1) is 18.9 Å². The summed E-state index contributed by atoms with van der Waals surface area (Å²) >= 11 is 0. The van der Waals surface area contributed by atoms with Gasteiger partial charge in [-0.15, -0.1) is 0 Å². The van der Waals surface area contributed by atoms with Gasteiger partial charge in [0, 0.05) is 13.1 Å². The van der Waals surface area contributed by atoms with E-state index in [9.17, 15) is 0 Å². The molecule has 1 aliphatic carbocycles. The number of rotatable bonds is 7. The minimum Gasteiger partial charge on any atom is -0.395 e. The molecule has 6 nitrogen and oxygen atoms in total. The number of azo groups is 1. The van der Waals surface area contributed by atoms with Crippen LogP contribution in [-0.2, 0) is 0 Å². The van der Waals surface area contributed by atoms with E-state index in [1.165, 1.54) is 0 Å².